The lowest BCUT2D eigenvalue weighted by atomic mass is 10.0. The second-order valence-corrected chi connectivity index (χ2v) is 5.91. The Balaban J connectivity index is 2.45. The molecule has 1 N–H and O–H groups in total. The van der Waals surface area contributed by atoms with Crippen LogP contribution in [0.15, 0.2) is 28.7 Å². The van der Waals surface area contributed by atoms with Crippen LogP contribution in [0.5, 0.6) is 0 Å². The van der Waals surface area contributed by atoms with Crippen LogP contribution in [0.3, 0.4) is 0 Å². The normalized spacial score (nSPS) is 11.0. The van der Waals surface area contributed by atoms with Gasteiger partial charge in [-0.3, -0.25) is 0 Å². The molecule has 21 heavy (non-hydrogen) atoms. The van der Waals surface area contributed by atoms with E-state index in [0.29, 0.717) is 18.3 Å². The molecule has 5 heteroatoms. The molecule has 0 aliphatic heterocycles. The van der Waals surface area contributed by atoms with Gasteiger partial charge in [0.05, 0.1) is 16.8 Å². The molecule has 0 amide bonds. The second-order valence-electron chi connectivity index (χ2n) is 5.12. The molecule has 0 radical (unpaired) electrons. The molecule has 0 fully saturated rings. The summed E-state index contributed by atoms with van der Waals surface area (Å²) in [5, 5.41) is 3.08. The molecule has 112 valence electrons. The van der Waals surface area contributed by atoms with Crippen LogP contribution in [0.4, 0.5) is 5.82 Å². The van der Waals surface area contributed by atoms with Crippen molar-refractivity contribution in [2.24, 2.45) is 0 Å². The van der Waals surface area contributed by atoms with Crippen molar-refractivity contribution >= 4 is 21.7 Å². The monoisotopic (exact) mass is 349 g/mol. The van der Waals surface area contributed by atoms with Gasteiger partial charge in [-0.05, 0) is 27.4 Å². The van der Waals surface area contributed by atoms with Gasteiger partial charge in [0.25, 0.3) is 0 Å². The van der Waals surface area contributed by atoms with Gasteiger partial charge in [-0.25, -0.2) is 9.97 Å². The van der Waals surface area contributed by atoms with Crippen LogP contribution in [0, 0.1) is 0 Å². The van der Waals surface area contributed by atoms with Crippen molar-refractivity contribution in [1.29, 1.82) is 0 Å². The molecular formula is C16H20BrN3O. The molecule has 1 heterocycles. The summed E-state index contributed by atoms with van der Waals surface area (Å²) in [6.07, 6.45) is 0. The quantitative estimate of drug-likeness (QED) is 0.877. The van der Waals surface area contributed by atoms with Crippen molar-refractivity contribution in [3.8, 4) is 11.4 Å². The van der Waals surface area contributed by atoms with Crippen molar-refractivity contribution in [3.05, 3.63) is 40.0 Å². The first-order valence-corrected chi connectivity index (χ1v) is 7.69. The first-order valence-electron chi connectivity index (χ1n) is 6.90. The highest BCUT2D eigenvalue weighted by Crippen LogP contribution is 2.28. The Labute approximate surface area is 134 Å². The number of hydrogen-bond acceptors (Lipinski definition) is 4. The third-order valence-electron chi connectivity index (χ3n) is 3.27. The number of halogens is 1. The fourth-order valence-electron chi connectivity index (χ4n) is 2.04. The van der Waals surface area contributed by atoms with E-state index in [2.05, 4.69) is 69.3 Å². The van der Waals surface area contributed by atoms with Gasteiger partial charge in [-0.1, -0.05) is 38.1 Å². The first kappa shape index (κ1) is 15.9. The van der Waals surface area contributed by atoms with Crippen molar-refractivity contribution < 1.29 is 4.74 Å². The largest absolute Gasteiger partial charge is 0.378 e. The SMILES string of the molecule is CNc1nc(-c2ccc(C(C)C)cc2)nc(COC)c1Br. The Kier molecular flexibility index (Phi) is 5.31. The van der Waals surface area contributed by atoms with E-state index >= 15 is 0 Å². The highest BCUT2D eigenvalue weighted by atomic mass is 79.9. The van der Waals surface area contributed by atoms with E-state index < -0.39 is 0 Å². The summed E-state index contributed by atoms with van der Waals surface area (Å²) in [5.74, 6) is 1.98. The van der Waals surface area contributed by atoms with E-state index in [4.69, 9.17) is 4.74 Å². The number of benzene rings is 1. The maximum absolute atomic E-state index is 5.20. The Morgan fingerprint density at radius 2 is 1.86 bits per heavy atom. The summed E-state index contributed by atoms with van der Waals surface area (Å²) in [6, 6.07) is 8.38. The van der Waals surface area contributed by atoms with Gasteiger partial charge in [0.1, 0.15) is 5.82 Å². The van der Waals surface area contributed by atoms with Crippen LogP contribution < -0.4 is 5.32 Å². The van der Waals surface area contributed by atoms with Gasteiger partial charge in [0.15, 0.2) is 5.82 Å². The lowest BCUT2D eigenvalue weighted by Gasteiger charge is -2.11. The van der Waals surface area contributed by atoms with Gasteiger partial charge < -0.3 is 10.1 Å². The van der Waals surface area contributed by atoms with Crippen molar-refractivity contribution in [2.45, 2.75) is 26.4 Å². The fourth-order valence-corrected chi connectivity index (χ4v) is 2.53. The number of aromatic nitrogens is 2. The number of ether oxygens (including phenoxy) is 1. The van der Waals surface area contributed by atoms with E-state index in [9.17, 15) is 0 Å². The number of hydrogen-bond donors (Lipinski definition) is 1. The molecule has 4 nitrogen and oxygen atoms in total. The summed E-state index contributed by atoms with van der Waals surface area (Å²) in [5.41, 5.74) is 3.14. The number of anilines is 1. The zero-order chi connectivity index (χ0) is 15.4. The lowest BCUT2D eigenvalue weighted by molar-refractivity contribution is 0.181. The first-order chi connectivity index (χ1) is 10.1. The van der Waals surface area contributed by atoms with E-state index in [1.54, 1.807) is 7.11 Å². The molecule has 0 spiro atoms. The number of methoxy groups -OCH3 is 1. The zero-order valence-corrected chi connectivity index (χ0v) is 14.4. The van der Waals surface area contributed by atoms with Gasteiger partial charge in [0.2, 0.25) is 0 Å². The highest BCUT2D eigenvalue weighted by Gasteiger charge is 2.12. The van der Waals surface area contributed by atoms with Crippen molar-refractivity contribution in [2.75, 3.05) is 19.5 Å². The van der Waals surface area contributed by atoms with Crippen molar-refractivity contribution in [3.63, 3.8) is 0 Å². The highest BCUT2D eigenvalue weighted by molar-refractivity contribution is 9.10. The Morgan fingerprint density at radius 3 is 2.38 bits per heavy atom. The molecule has 0 unspecified atom stereocenters. The summed E-state index contributed by atoms with van der Waals surface area (Å²) in [7, 11) is 3.50. The molecule has 0 aliphatic carbocycles. The Hall–Kier alpha value is -1.46. The Morgan fingerprint density at radius 1 is 1.19 bits per heavy atom. The lowest BCUT2D eigenvalue weighted by Crippen LogP contribution is -2.04. The maximum atomic E-state index is 5.20. The predicted molar refractivity (Wildman–Crippen MR) is 89.5 cm³/mol. The van der Waals surface area contributed by atoms with E-state index in [1.807, 2.05) is 7.05 Å². The minimum absolute atomic E-state index is 0.439. The molecule has 0 aliphatic rings. The van der Waals surface area contributed by atoms with Crippen LogP contribution in [-0.4, -0.2) is 24.1 Å². The summed E-state index contributed by atoms with van der Waals surface area (Å²) >= 11 is 3.51. The van der Waals surface area contributed by atoms with E-state index in [0.717, 1.165) is 21.5 Å². The summed E-state index contributed by atoms with van der Waals surface area (Å²) < 4.78 is 6.04. The van der Waals surface area contributed by atoms with Crippen LogP contribution in [0.2, 0.25) is 0 Å². The molecular weight excluding hydrogens is 330 g/mol. The molecule has 1 aromatic carbocycles. The van der Waals surface area contributed by atoms with Gasteiger partial charge >= 0.3 is 0 Å². The third kappa shape index (κ3) is 3.60. The second kappa shape index (κ2) is 7.00. The third-order valence-corrected chi connectivity index (χ3v) is 4.11. The maximum Gasteiger partial charge on any atom is 0.161 e. The number of nitrogens with zero attached hydrogens (tertiary/aromatic N) is 2. The minimum Gasteiger partial charge on any atom is -0.378 e. The van der Waals surface area contributed by atoms with E-state index in [-0.39, 0.29) is 0 Å². The molecule has 0 bridgehead atoms. The standard InChI is InChI=1S/C16H20BrN3O/c1-10(2)11-5-7-12(8-6-11)15-19-13(9-21-4)14(17)16(18-3)20-15/h5-8,10H,9H2,1-4H3,(H,18,19,20). The van der Waals surface area contributed by atoms with Gasteiger partial charge in [-0.15, -0.1) is 0 Å². The zero-order valence-electron chi connectivity index (χ0n) is 12.8. The molecule has 2 rings (SSSR count). The molecule has 0 atom stereocenters. The fraction of sp³-hybridized carbons (Fsp3) is 0.375. The average Bonchev–Trinajstić information content (AvgIpc) is 2.49. The van der Waals surface area contributed by atoms with Crippen LogP contribution in [-0.2, 0) is 11.3 Å². The smallest absolute Gasteiger partial charge is 0.161 e. The van der Waals surface area contributed by atoms with E-state index in [1.165, 1.54) is 5.56 Å². The molecule has 0 saturated heterocycles. The topological polar surface area (TPSA) is 47.0 Å². The average molecular weight is 350 g/mol. The van der Waals surface area contributed by atoms with Crippen LogP contribution in [0.25, 0.3) is 11.4 Å². The molecule has 1 aromatic heterocycles. The predicted octanol–water partition coefficient (Wildman–Crippen LogP) is 4.22. The minimum atomic E-state index is 0.439. The van der Waals surface area contributed by atoms with Gasteiger partial charge in [0, 0.05) is 19.7 Å². The van der Waals surface area contributed by atoms with Crippen LogP contribution >= 0.6 is 15.9 Å². The van der Waals surface area contributed by atoms with Gasteiger partial charge in [-0.2, -0.15) is 0 Å². The summed E-state index contributed by atoms with van der Waals surface area (Å²) in [6.45, 7) is 4.80. The number of nitrogens with one attached hydrogen (secondary N) is 1. The van der Waals surface area contributed by atoms with Crippen LogP contribution in [0.1, 0.15) is 31.0 Å². The molecule has 0 saturated carbocycles. The summed E-state index contributed by atoms with van der Waals surface area (Å²) in [4.78, 5) is 9.15. The Bertz CT molecular complexity index is 612. The molecule has 2 aromatic rings. The number of rotatable bonds is 5. The van der Waals surface area contributed by atoms with Crippen molar-refractivity contribution in [1.82, 2.24) is 9.97 Å².